The minimum Gasteiger partial charge on any atom is -0.491 e. The minimum absolute atomic E-state index is 0.133. The Morgan fingerprint density at radius 3 is 2.26 bits per heavy atom. The molecule has 6 nitrogen and oxygen atoms in total. The van der Waals surface area contributed by atoms with Gasteiger partial charge in [-0.2, -0.15) is 0 Å². The van der Waals surface area contributed by atoms with Crippen LogP contribution < -0.4 is 14.4 Å². The lowest BCUT2D eigenvalue weighted by atomic mass is 10.0. The molecule has 3 aromatic carbocycles. The van der Waals surface area contributed by atoms with Crippen LogP contribution >= 0.6 is 0 Å². The number of anilines is 1. The summed E-state index contributed by atoms with van der Waals surface area (Å²) in [4.78, 5) is 12.9. The zero-order chi connectivity index (χ0) is 24.7. The van der Waals surface area contributed by atoms with Crippen LogP contribution in [-0.2, 0) is 14.8 Å². The van der Waals surface area contributed by atoms with E-state index in [1.54, 1.807) is 30.3 Å². The molecule has 3 aromatic rings. The number of amides is 1. The van der Waals surface area contributed by atoms with Crippen molar-refractivity contribution in [3.8, 4) is 5.75 Å². The minimum atomic E-state index is -3.93. The van der Waals surface area contributed by atoms with E-state index < -0.39 is 15.9 Å². The number of ether oxygens (including phenoxy) is 1. The Morgan fingerprint density at radius 2 is 1.62 bits per heavy atom. The van der Waals surface area contributed by atoms with Crippen molar-refractivity contribution in [1.29, 1.82) is 0 Å². The summed E-state index contributed by atoms with van der Waals surface area (Å²) in [7, 11) is -3.93. The van der Waals surface area contributed by atoms with Crippen LogP contribution in [0.4, 0.5) is 5.69 Å². The molecule has 0 unspecified atom stereocenters. The Bertz CT molecular complexity index is 1210. The van der Waals surface area contributed by atoms with Crippen LogP contribution in [0.5, 0.6) is 5.75 Å². The van der Waals surface area contributed by atoms with Gasteiger partial charge in [0.15, 0.2) is 0 Å². The number of aryl methyl sites for hydroxylation is 1. The number of hydrogen-bond donors (Lipinski definition) is 1. The molecule has 0 bridgehead atoms. The second kappa shape index (κ2) is 11.2. The van der Waals surface area contributed by atoms with Crippen molar-refractivity contribution in [3.05, 3.63) is 89.5 Å². The number of sulfonamides is 1. The van der Waals surface area contributed by atoms with Crippen LogP contribution in [-0.4, -0.2) is 34.0 Å². The van der Waals surface area contributed by atoms with E-state index in [1.807, 2.05) is 44.2 Å². The first-order valence-electron chi connectivity index (χ1n) is 11.3. The number of rotatable bonds is 10. The molecule has 0 aliphatic rings. The van der Waals surface area contributed by atoms with Gasteiger partial charge in [-0.25, -0.2) is 8.42 Å². The average Bonchev–Trinajstić information content (AvgIpc) is 2.83. The summed E-state index contributed by atoms with van der Waals surface area (Å²) in [5.74, 6) is 0.679. The Balaban J connectivity index is 1.72. The van der Waals surface area contributed by atoms with Crippen molar-refractivity contribution in [3.63, 3.8) is 0 Å². The molecular weight excluding hydrogens is 448 g/mol. The molecule has 3 rings (SSSR count). The number of nitrogens with one attached hydrogen (secondary N) is 1. The topological polar surface area (TPSA) is 75.7 Å². The molecule has 0 fully saturated rings. The number of hydrogen-bond acceptors (Lipinski definition) is 4. The normalized spacial score (nSPS) is 11.3. The van der Waals surface area contributed by atoms with Crippen LogP contribution in [0.25, 0.3) is 0 Å². The van der Waals surface area contributed by atoms with Crippen LogP contribution in [0.2, 0.25) is 0 Å². The Kier molecular flexibility index (Phi) is 8.34. The average molecular weight is 481 g/mol. The third kappa shape index (κ3) is 6.17. The highest BCUT2D eigenvalue weighted by Crippen LogP contribution is 2.26. The summed E-state index contributed by atoms with van der Waals surface area (Å²) in [6.45, 7) is 8.35. The zero-order valence-electron chi connectivity index (χ0n) is 20.1. The van der Waals surface area contributed by atoms with Crippen molar-refractivity contribution in [2.75, 3.05) is 24.0 Å². The monoisotopic (exact) mass is 480 g/mol. The SMILES string of the molecule is Cc1cccc(OCCNC(=O)CN(c2ccc(C(C)C)cc2)S(=O)(=O)c2ccccc2)c1C. The predicted octanol–water partition coefficient (Wildman–Crippen LogP) is 4.82. The van der Waals surface area contributed by atoms with Gasteiger partial charge in [0.05, 0.1) is 17.1 Å². The molecule has 0 saturated carbocycles. The summed E-state index contributed by atoms with van der Waals surface area (Å²) in [5, 5.41) is 2.77. The predicted molar refractivity (Wildman–Crippen MR) is 136 cm³/mol. The lowest BCUT2D eigenvalue weighted by molar-refractivity contribution is -0.119. The Labute approximate surface area is 202 Å². The molecule has 0 atom stereocenters. The van der Waals surface area contributed by atoms with Crippen molar-refractivity contribution in [2.24, 2.45) is 0 Å². The smallest absolute Gasteiger partial charge is 0.264 e. The maximum absolute atomic E-state index is 13.4. The van der Waals surface area contributed by atoms with Crippen molar-refractivity contribution in [1.82, 2.24) is 5.32 Å². The van der Waals surface area contributed by atoms with Gasteiger partial charge in [-0.15, -0.1) is 0 Å². The molecular formula is C27H32N2O4S. The Hall–Kier alpha value is -3.32. The second-order valence-electron chi connectivity index (χ2n) is 8.47. The maximum atomic E-state index is 13.4. The highest BCUT2D eigenvalue weighted by Gasteiger charge is 2.27. The molecule has 0 aliphatic carbocycles. The quantitative estimate of drug-likeness (QED) is 0.422. The zero-order valence-corrected chi connectivity index (χ0v) is 20.9. The van der Waals surface area contributed by atoms with E-state index in [9.17, 15) is 13.2 Å². The summed E-state index contributed by atoms with van der Waals surface area (Å²) in [5.41, 5.74) is 3.72. The summed E-state index contributed by atoms with van der Waals surface area (Å²) in [6, 6.07) is 21.2. The summed E-state index contributed by atoms with van der Waals surface area (Å²) in [6.07, 6.45) is 0. The molecule has 1 amide bonds. The number of carbonyl (C=O) groups excluding carboxylic acids is 1. The van der Waals surface area contributed by atoms with Crippen molar-refractivity contribution < 1.29 is 17.9 Å². The largest absolute Gasteiger partial charge is 0.491 e. The van der Waals surface area contributed by atoms with Gasteiger partial charge in [-0.3, -0.25) is 9.10 Å². The van der Waals surface area contributed by atoms with E-state index >= 15 is 0 Å². The van der Waals surface area contributed by atoms with E-state index in [1.165, 1.54) is 12.1 Å². The standard InChI is InChI=1S/C27H32N2O4S/c1-20(2)23-13-15-24(16-14-23)29(34(31,32)25-10-6-5-7-11-25)19-27(30)28-17-18-33-26-12-8-9-21(3)22(26)4/h5-16,20H,17-19H2,1-4H3,(H,28,30). The fraction of sp³-hybridized carbons (Fsp3) is 0.296. The Morgan fingerprint density at radius 1 is 0.941 bits per heavy atom. The van der Waals surface area contributed by atoms with Gasteiger partial charge < -0.3 is 10.1 Å². The van der Waals surface area contributed by atoms with E-state index in [0.29, 0.717) is 11.6 Å². The number of nitrogens with zero attached hydrogens (tertiary/aromatic N) is 1. The molecule has 0 heterocycles. The first-order valence-corrected chi connectivity index (χ1v) is 12.8. The molecule has 180 valence electrons. The van der Waals surface area contributed by atoms with E-state index in [2.05, 4.69) is 19.2 Å². The molecule has 0 saturated heterocycles. The molecule has 0 spiro atoms. The third-order valence-corrected chi connectivity index (χ3v) is 7.49. The van der Waals surface area contributed by atoms with E-state index in [0.717, 1.165) is 26.7 Å². The lowest BCUT2D eigenvalue weighted by Crippen LogP contribution is -2.41. The highest BCUT2D eigenvalue weighted by atomic mass is 32.2. The molecule has 0 radical (unpaired) electrons. The van der Waals surface area contributed by atoms with Crippen molar-refractivity contribution in [2.45, 2.75) is 38.5 Å². The van der Waals surface area contributed by atoms with Gasteiger partial charge in [-0.1, -0.05) is 56.3 Å². The van der Waals surface area contributed by atoms with E-state index in [4.69, 9.17) is 4.74 Å². The second-order valence-corrected chi connectivity index (χ2v) is 10.3. The summed E-state index contributed by atoms with van der Waals surface area (Å²) < 4.78 is 33.7. The van der Waals surface area contributed by atoms with Crippen LogP contribution in [0, 0.1) is 13.8 Å². The van der Waals surface area contributed by atoms with Crippen LogP contribution in [0.15, 0.2) is 77.7 Å². The van der Waals surface area contributed by atoms with Gasteiger partial charge in [0.2, 0.25) is 5.91 Å². The number of carbonyl (C=O) groups is 1. The molecule has 34 heavy (non-hydrogen) atoms. The van der Waals surface area contributed by atoms with Gasteiger partial charge in [0, 0.05) is 0 Å². The first kappa shape index (κ1) is 25.3. The van der Waals surface area contributed by atoms with Gasteiger partial charge in [0.1, 0.15) is 18.9 Å². The van der Waals surface area contributed by atoms with Gasteiger partial charge >= 0.3 is 0 Å². The lowest BCUT2D eigenvalue weighted by Gasteiger charge is -2.24. The van der Waals surface area contributed by atoms with E-state index in [-0.39, 0.29) is 24.6 Å². The summed E-state index contributed by atoms with van der Waals surface area (Å²) >= 11 is 0. The van der Waals surface area contributed by atoms with Crippen LogP contribution in [0.1, 0.15) is 36.5 Å². The van der Waals surface area contributed by atoms with Crippen LogP contribution in [0.3, 0.4) is 0 Å². The molecule has 1 N–H and O–H groups in total. The molecule has 7 heteroatoms. The molecule has 0 aliphatic heterocycles. The highest BCUT2D eigenvalue weighted by molar-refractivity contribution is 7.92. The fourth-order valence-corrected chi connectivity index (χ4v) is 4.92. The maximum Gasteiger partial charge on any atom is 0.264 e. The molecule has 0 aromatic heterocycles. The van der Waals surface area contributed by atoms with Gasteiger partial charge in [-0.05, 0) is 66.8 Å². The fourth-order valence-electron chi connectivity index (χ4n) is 3.48. The van der Waals surface area contributed by atoms with Crippen molar-refractivity contribution >= 4 is 21.6 Å². The van der Waals surface area contributed by atoms with Gasteiger partial charge in [0.25, 0.3) is 10.0 Å². The first-order chi connectivity index (χ1) is 16.2. The third-order valence-electron chi connectivity index (χ3n) is 5.70. The number of benzene rings is 3.